The molecule has 0 saturated carbocycles. The molecule has 1 atom stereocenters. The number of aromatic nitrogens is 1. The van der Waals surface area contributed by atoms with Crippen molar-refractivity contribution in [2.24, 2.45) is 11.1 Å². The van der Waals surface area contributed by atoms with Gasteiger partial charge in [0, 0.05) is 23.9 Å². The first-order valence-corrected chi connectivity index (χ1v) is 13.9. The molecule has 0 bridgehead atoms. The topological polar surface area (TPSA) is 101 Å². The molecule has 2 N–H and O–H groups in total. The second-order valence-electron chi connectivity index (χ2n) is 11.4. The Bertz CT molecular complexity index is 1630. The lowest BCUT2D eigenvalue weighted by atomic mass is 9.68. The number of nitrogens with two attached hydrogens (primary N) is 1. The van der Waals surface area contributed by atoms with Gasteiger partial charge in [0.15, 0.2) is 10.9 Å². The highest BCUT2D eigenvalue weighted by molar-refractivity contribution is 6.32. The molecule has 8 heteroatoms. The number of aryl methyl sites for hydroxylation is 1. The van der Waals surface area contributed by atoms with Crippen LogP contribution >= 0.6 is 11.6 Å². The molecule has 5 rings (SSSR count). The van der Waals surface area contributed by atoms with Gasteiger partial charge in [-0.25, -0.2) is 4.98 Å². The predicted octanol–water partition coefficient (Wildman–Crippen LogP) is 6.88. The van der Waals surface area contributed by atoms with Gasteiger partial charge in [-0.05, 0) is 78.8 Å². The molecule has 7 nitrogen and oxygen atoms in total. The molecule has 2 aliphatic rings. The van der Waals surface area contributed by atoms with E-state index in [1.807, 2.05) is 44.2 Å². The summed E-state index contributed by atoms with van der Waals surface area (Å²) in [6.45, 7) is 8.47. The lowest BCUT2D eigenvalue weighted by Gasteiger charge is -2.44. The molecule has 1 aromatic heterocycles. The smallest absolute Gasteiger partial charge is 0.162 e. The number of carbonyl (C=O) groups is 1. The quantitative estimate of drug-likeness (QED) is 0.323. The van der Waals surface area contributed by atoms with Crippen molar-refractivity contribution in [2.75, 3.05) is 12.0 Å². The van der Waals surface area contributed by atoms with E-state index in [-0.39, 0.29) is 22.2 Å². The van der Waals surface area contributed by atoms with Crippen LogP contribution in [0.15, 0.2) is 77.4 Å². The zero-order valence-corrected chi connectivity index (χ0v) is 24.7. The highest BCUT2D eigenvalue weighted by atomic mass is 35.5. The Morgan fingerprint density at radius 1 is 1.15 bits per heavy atom. The lowest BCUT2D eigenvalue weighted by Crippen LogP contribution is -2.42. The molecule has 1 aliphatic heterocycles. The number of ketones is 1. The van der Waals surface area contributed by atoms with Crippen LogP contribution in [0.1, 0.15) is 54.9 Å². The molecule has 1 unspecified atom stereocenters. The first-order chi connectivity index (χ1) is 19.5. The van der Waals surface area contributed by atoms with Crippen molar-refractivity contribution in [1.82, 2.24) is 4.98 Å². The monoisotopic (exact) mass is 568 g/mol. The number of ether oxygens (including phenoxy) is 2. The minimum absolute atomic E-state index is 0.00320. The Kier molecular flexibility index (Phi) is 7.54. The summed E-state index contributed by atoms with van der Waals surface area (Å²) in [7, 11) is 1.62. The molecule has 0 spiro atoms. The zero-order valence-electron chi connectivity index (χ0n) is 23.9. The number of anilines is 1. The number of rotatable bonds is 6. The number of nitrogens with zero attached hydrogens (tertiary/aromatic N) is 3. The fourth-order valence-corrected chi connectivity index (χ4v) is 6.09. The van der Waals surface area contributed by atoms with Crippen LogP contribution in [0.3, 0.4) is 0 Å². The number of Topliss-reactive ketones (excluding diaryl/α,β-unsaturated/α-hetero) is 1. The van der Waals surface area contributed by atoms with Gasteiger partial charge in [-0.2, -0.15) is 5.26 Å². The highest BCUT2D eigenvalue weighted by Crippen LogP contribution is 2.51. The highest BCUT2D eigenvalue weighted by Gasteiger charge is 2.45. The van der Waals surface area contributed by atoms with Crippen LogP contribution in [0.25, 0.3) is 0 Å². The van der Waals surface area contributed by atoms with Crippen molar-refractivity contribution in [3.8, 4) is 17.6 Å². The van der Waals surface area contributed by atoms with Gasteiger partial charge in [0.25, 0.3) is 0 Å². The van der Waals surface area contributed by atoms with Gasteiger partial charge in [-0.15, -0.1) is 0 Å². The van der Waals surface area contributed by atoms with Crippen molar-refractivity contribution in [2.45, 2.75) is 53.1 Å². The maximum atomic E-state index is 14.0. The lowest BCUT2D eigenvalue weighted by molar-refractivity contribution is -0.118. The Labute approximate surface area is 245 Å². The summed E-state index contributed by atoms with van der Waals surface area (Å²) < 4.78 is 11.4. The van der Waals surface area contributed by atoms with Crippen LogP contribution in [-0.4, -0.2) is 17.9 Å². The number of pyridine rings is 1. The number of halogens is 1. The largest absolute Gasteiger partial charge is 0.497 e. The maximum Gasteiger partial charge on any atom is 0.162 e. The second kappa shape index (κ2) is 10.9. The molecule has 0 radical (unpaired) electrons. The number of hydrogen-bond donors (Lipinski definition) is 1. The number of carbonyl (C=O) groups excluding carboxylic acids is 1. The summed E-state index contributed by atoms with van der Waals surface area (Å²) >= 11 is 6.53. The third-order valence-corrected chi connectivity index (χ3v) is 8.12. The third-order valence-electron chi connectivity index (χ3n) is 7.83. The van der Waals surface area contributed by atoms with Crippen LogP contribution < -0.4 is 20.1 Å². The second-order valence-corrected chi connectivity index (χ2v) is 11.8. The van der Waals surface area contributed by atoms with Crippen molar-refractivity contribution >= 4 is 23.1 Å². The summed E-state index contributed by atoms with van der Waals surface area (Å²) in [4.78, 5) is 20.0. The van der Waals surface area contributed by atoms with Crippen LogP contribution in [0.2, 0.25) is 5.15 Å². The van der Waals surface area contributed by atoms with E-state index in [1.54, 1.807) is 30.3 Å². The first kappa shape index (κ1) is 28.3. The average molecular weight is 569 g/mol. The molecular weight excluding hydrogens is 536 g/mol. The normalized spacial score (nSPS) is 18.2. The van der Waals surface area contributed by atoms with Gasteiger partial charge in [0.1, 0.15) is 23.9 Å². The molecule has 1 aliphatic carbocycles. The van der Waals surface area contributed by atoms with E-state index in [0.29, 0.717) is 42.0 Å². The SMILES string of the molecule is COc1ccc(OCc2cc(C)cc(C3C(C#N)=C(N)N(c4cccnc4Cl)C4=C3C(=O)CC(C)(C)C4)c2C)cc1. The Balaban J connectivity index is 1.65. The van der Waals surface area contributed by atoms with Gasteiger partial charge in [-0.1, -0.05) is 43.1 Å². The summed E-state index contributed by atoms with van der Waals surface area (Å²) in [5, 5.41) is 10.7. The van der Waals surface area contributed by atoms with Gasteiger partial charge in [-0.3, -0.25) is 9.69 Å². The molecule has 0 saturated heterocycles. The molecular formula is C33H33ClN4O3. The fourth-order valence-electron chi connectivity index (χ4n) is 5.89. The Hall–Kier alpha value is -4.28. The van der Waals surface area contributed by atoms with Crippen LogP contribution in [0.5, 0.6) is 11.5 Å². The number of allylic oxidation sites excluding steroid dienone is 3. The molecule has 210 valence electrons. The number of nitriles is 1. The minimum atomic E-state index is -0.607. The summed E-state index contributed by atoms with van der Waals surface area (Å²) in [6.07, 6.45) is 2.56. The van der Waals surface area contributed by atoms with Crippen molar-refractivity contribution in [3.05, 3.63) is 105 Å². The first-order valence-electron chi connectivity index (χ1n) is 13.5. The maximum absolute atomic E-state index is 14.0. The molecule has 2 aromatic carbocycles. The predicted molar refractivity (Wildman–Crippen MR) is 160 cm³/mol. The van der Waals surface area contributed by atoms with Crippen LogP contribution in [0.4, 0.5) is 5.69 Å². The van der Waals surface area contributed by atoms with Gasteiger partial charge in [0.2, 0.25) is 0 Å². The molecule has 0 amide bonds. The zero-order chi connectivity index (χ0) is 29.5. The molecule has 3 aromatic rings. The van der Waals surface area contributed by atoms with E-state index in [1.165, 1.54) is 0 Å². The molecule has 2 heterocycles. The van der Waals surface area contributed by atoms with Crippen molar-refractivity contribution < 1.29 is 14.3 Å². The van der Waals surface area contributed by atoms with E-state index >= 15 is 0 Å². The minimum Gasteiger partial charge on any atom is -0.497 e. The van der Waals surface area contributed by atoms with Crippen LogP contribution in [-0.2, 0) is 11.4 Å². The number of benzene rings is 2. The van der Waals surface area contributed by atoms with E-state index in [4.69, 9.17) is 26.8 Å². The van der Waals surface area contributed by atoms with Crippen molar-refractivity contribution in [1.29, 1.82) is 5.26 Å². The molecule has 0 fully saturated rings. The number of methoxy groups -OCH3 is 1. The summed E-state index contributed by atoms with van der Waals surface area (Å²) in [6, 6.07) is 17.5. The standard InChI is InChI=1S/C33H33ClN4O3/c1-19-13-21(18-41-23-10-8-22(40-5)9-11-23)20(2)24(14-19)29-25(17-35)32(36)38(26-7-6-12-37-31(26)34)27-15-33(3,4)16-28(39)30(27)29/h6-14,29H,15-16,18,36H2,1-5H3. The summed E-state index contributed by atoms with van der Waals surface area (Å²) in [5.41, 5.74) is 12.5. The van der Waals surface area contributed by atoms with E-state index in [0.717, 1.165) is 33.7 Å². The Morgan fingerprint density at radius 3 is 2.51 bits per heavy atom. The number of hydrogen-bond acceptors (Lipinski definition) is 7. The van der Waals surface area contributed by atoms with Gasteiger partial charge >= 0.3 is 0 Å². The van der Waals surface area contributed by atoms with E-state index in [2.05, 4.69) is 31.0 Å². The van der Waals surface area contributed by atoms with Crippen molar-refractivity contribution in [3.63, 3.8) is 0 Å². The van der Waals surface area contributed by atoms with Gasteiger partial charge in [0.05, 0.1) is 30.4 Å². The fraction of sp³-hybridized carbons (Fsp3) is 0.303. The van der Waals surface area contributed by atoms with Crippen LogP contribution in [0, 0.1) is 30.6 Å². The Morgan fingerprint density at radius 2 is 1.85 bits per heavy atom. The summed E-state index contributed by atoms with van der Waals surface area (Å²) in [5.74, 6) is 1.12. The van der Waals surface area contributed by atoms with E-state index < -0.39 is 5.92 Å². The van der Waals surface area contributed by atoms with E-state index in [9.17, 15) is 10.1 Å². The van der Waals surface area contributed by atoms with Gasteiger partial charge < -0.3 is 15.2 Å². The average Bonchev–Trinajstić information content (AvgIpc) is 2.93. The molecule has 41 heavy (non-hydrogen) atoms. The third kappa shape index (κ3) is 5.28.